The highest BCUT2D eigenvalue weighted by Crippen LogP contribution is 2.20. The predicted molar refractivity (Wildman–Crippen MR) is 71.4 cm³/mol. The molecule has 0 fully saturated rings. The van der Waals surface area contributed by atoms with E-state index >= 15 is 0 Å². The SMILES string of the molecule is CCNC(c1cc(C)n(C)n1)c1nccn1CC. The van der Waals surface area contributed by atoms with Crippen LogP contribution in [0.3, 0.4) is 0 Å². The summed E-state index contributed by atoms with van der Waals surface area (Å²) in [6.07, 6.45) is 3.86. The van der Waals surface area contributed by atoms with Gasteiger partial charge in [0.25, 0.3) is 0 Å². The van der Waals surface area contributed by atoms with Gasteiger partial charge in [-0.05, 0) is 26.5 Å². The molecule has 0 aliphatic carbocycles. The van der Waals surface area contributed by atoms with Crippen LogP contribution in [0.4, 0.5) is 0 Å². The van der Waals surface area contributed by atoms with Crippen LogP contribution in [0.2, 0.25) is 0 Å². The smallest absolute Gasteiger partial charge is 0.132 e. The van der Waals surface area contributed by atoms with Crippen LogP contribution in [-0.4, -0.2) is 25.9 Å². The summed E-state index contributed by atoms with van der Waals surface area (Å²) >= 11 is 0. The maximum atomic E-state index is 4.56. The fourth-order valence-corrected chi connectivity index (χ4v) is 2.11. The molecule has 0 aromatic carbocycles. The minimum Gasteiger partial charge on any atom is -0.334 e. The normalized spacial score (nSPS) is 12.9. The Hall–Kier alpha value is -1.62. The van der Waals surface area contributed by atoms with E-state index < -0.39 is 0 Å². The van der Waals surface area contributed by atoms with Crippen molar-refractivity contribution in [2.24, 2.45) is 7.05 Å². The van der Waals surface area contributed by atoms with Crippen LogP contribution in [0.1, 0.15) is 37.1 Å². The van der Waals surface area contributed by atoms with Crippen LogP contribution in [0.15, 0.2) is 18.5 Å². The molecule has 0 saturated heterocycles. The first-order valence-electron chi connectivity index (χ1n) is 6.42. The van der Waals surface area contributed by atoms with Gasteiger partial charge in [0.2, 0.25) is 0 Å². The molecule has 0 spiro atoms. The van der Waals surface area contributed by atoms with E-state index in [0.29, 0.717) is 0 Å². The van der Waals surface area contributed by atoms with Crippen LogP contribution in [0.25, 0.3) is 0 Å². The first kappa shape index (κ1) is 12.8. The van der Waals surface area contributed by atoms with Gasteiger partial charge in [-0.25, -0.2) is 4.98 Å². The molecule has 18 heavy (non-hydrogen) atoms. The average Bonchev–Trinajstić information content (AvgIpc) is 2.94. The molecular weight excluding hydrogens is 226 g/mol. The second-order valence-electron chi connectivity index (χ2n) is 4.40. The molecule has 1 unspecified atom stereocenters. The van der Waals surface area contributed by atoms with Gasteiger partial charge in [-0.15, -0.1) is 0 Å². The van der Waals surface area contributed by atoms with Crippen molar-refractivity contribution in [2.75, 3.05) is 6.54 Å². The van der Waals surface area contributed by atoms with Gasteiger partial charge in [0.15, 0.2) is 0 Å². The van der Waals surface area contributed by atoms with Crippen LogP contribution in [-0.2, 0) is 13.6 Å². The number of rotatable bonds is 5. The first-order chi connectivity index (χ1) is 8.67. The van der Waals surface area contributed by atoms with Gasteiger partial charge in [-0.2, -0.15) is 5.10 Å². The van der Waals surface area contributed by atoms with Crippen molar-refractivity contribution in [3.8, 4) is 0 Å². The lowest BCUT2D eigenvalue weighted by atomic mass is 10.2. The second-order valence-corrected chi connectivity index (χ2v) is 4.40. The maximum absolute atomic E-state index is 4.56. The lowest BCUT2D eigenvalue weighted by Gasteiger charge is -2.16. The molecule has 2 rings (SSSR count). The van der Waals surface area contributed by atoms with E-state index in [1.54, 1.807) is 0 Å². The van der Waals surface area contributed by atoms with Crippen molar-refractivity contribution in [3.63, 3.8) is 0 Å². The molecule has 2 aromatic heterocycles. The third-order valence-electron chi connectivity index (χ3n) is 3.18. The summed E-state index contributed by atoms with van der Waals surface area (Å²) in [5, 5.41) is 8.02. The molecule has 98 valence electrons. The largest absolute Gasteiger partial charge is 0.334 e. The Morgan fingerprint density at radius 2 is 2.17 bits per heavy atom. The summed E-state index contributed by atoms with van der Waals surface area (Å²) in [5.74, 6) is 1.03. The zero-order valence-corrected chi connectivity index (χ0v) is 11.5. The van der Waals surface area contributed by atoms with E-state index in [0.717, 1.165) is 30.3 Å². The number of aromatic nitrogens is 4. The number of aryl methyl sites for hydroxylation is 3. The molecule has 0 bridgehead atoms. The number of hydrogen-bond acceptors (Lipinski definition) is 3. The minimum absolute atomic E-state index is 0.0600. The zero-order valence-electron chi connectivity index (χ0n) is 11.5. The van der Waals surface area contributed by atoms with E-state index in [9.17, 15) is 0 Å². The first-order valence-corrected chi connectivity index (χ1v) is 6.42. The number of imidazole rings is 1. The standard InChI is InChI=1S/C13H21N5/c1-5-14-12(11-9-10(3)17(4)16-11)13-15-7-8-18(13)6-2/h7-9,12,14H,5-6H2,1-4H3. The molecule has 5 heteroatoms. The Balaban J connectivity index is 2.39. The summed E-state index contributed by atoms with van der Waals surface area (Å²) in [7, 11) is 1.97. The van der Waals surface area contributed by atoms with Gasteiger partial charge in [0, 0.05) is 31.7 Å². The van der Waals surface area contributed by atoms with E-state index in [-0.39, 0.29) is 6.04 Å². The van der Waals surface area contributed by atoms with Crippen LogP contribution in [0, 0.1) is 6.92 Å². The average molecular weight is 247 g/mol. The highest BCUT2D eigenvalue weighted by Gasteiger charge is 2.20. The van der Waals surface area contributed by atoms with Crippen molar-refractivity contribution in [1.29, 1.82) is 0 Å². The molecule has 0 saturated carbocycles. The quantitative estimate of drug-likeness (QED) is 0.874. The number of hydrogen-bond donors (Lipinski definition) is 1. The fraction of sp³-hybridized carbons (Fsp3) is 0.538. The molecule has 2 heterocycles. The van der Waals surface area contributed by atoms with Gasteiger partial charge in [-0.1, -0.05) is 6.92 Å². The summed E-state index contributed by atoms with van der Waals surface area (Å²) < 4.78 is 4.05. The van der Waals surface area contributed by atoms with Crippen molar-refractivity contribution in [1.82, 2.24) is 24.6 Å². The monoisotopic (exact) mass is 247 g/mol. The third kappa shape index (κ3) is 2.31. The summed E-state index contributed by atoms with van der Waals surface area (Å²) in [5.41, 5.74) is 2.18. The third-order valence-corrected chi connectivity index (χ3v) is 3.18. The van der Waals surface area contributed by atoms with Crippen molar-refractivity contribution < 1.29 is 0 Å². The zero-order chi connectivity index (χ0) is 13.1. The molecule has 1 N–H and O–H groups in total. The highest BCUT2D eigenvalue weighted by atomic mass is 15.3. The van der Waals surface area contributed by atoms with E-state index in [1.807, 2.05) is 24.1 Å². The number of nitrogens with zero attached hydrogens (tertiary/aromatic N) is 4. The fourth-order valence-electron chi connectivity index (χ4n) is 2.11. The van der Waals surface area contributed by atoms with Crippen LogP contribution in [0.5, 0.6) is 0 Å². The molecule has 2 aromatic rings. The van der Waals surface area contributed by atoms with Crippen molar-refractivity contribution in [3.05, 3.63) is 35.7 Å². The highest BCUT2D eigenvalue weighted by molar-refractivity contribution is 5.20. The van der Waals surface area contributed by atoms with Crippen LogP contribution >= 0.6 is 0 Å². The number of nitrogens with one attached hydrogen (secondary N) is 1. The molecule has 0 amide bonds. The summed E-state index contributed by atoms with van der Waals surface area (Å²) in [4.78, 5) is 4.47. The Kier molecular flexibility index (Phi) is 3.81. The maximum Gasteiger partial charge on any atom is 0.132 e. The Morgan fingerprint density at radius 1 is 1.39 bits per heavy atom. The summed E-state index contributed by atoms with van der Waals surface area (Å²) in [6, 6.07) is 2.17. The van der Waals surface area contributed by atoms with E-state index in [1.165, 1.54) is 0 Å². The molecule has 0 radical (unpaired) electrons. The Morgan fingerprint density at radius 3 is 2.72 bits per heavy atom. The van der Waals surface area contributed by atoms with Gasteiger partial charge < -0.3 is 9.88 Å². The van der Waals surface area contributed by atoms with Crippen molar-refractivity contribution >= 4 is 0 Å². The minimum atomic E-state index is 0.0600. The Labute approximate surface area is 108 Å². The van der Waals surface area contributed by atoms with Crippen LogP contribution < -0.4 is 5.32 Å². The molecule has 5 nitrogen and oxygen atoms in total. The van der Waals surface area contributed by atoms with Gasteiger partial charge in [0.05, 0.1) is 5.69 Å². The summed E-state index contributed by atoms with van der Waals surface area (Å²) in [6.45, 7) is 8.09. The lowest BCUT2D eigenvalue weighted by molar-refractivity contribution is 0.540. The lowest BCUT2D eigenvalue weighted by Crippen LogP contribution is -2.25. The predicted octanol–water partition coefficient (Wildman–Crippen LogP) is 1.64. The van der Waals surface area contributed by atoms with Gasteiger partial charge in [0.1, 0.15) is 11.9 Å². The van der Waals surface area contributed by atoms with Gasteiger partial charge in [-0.3, -0.25) is 4.68 Å². The topological polar surface area (TPSA) is 47.7 Å². The second kappa shape index (κ2) is 5.35. The van der Waals surface area contributed by atoms with Gasteiger partial charge >= 0.3 is 0 Å². The van der Waals surface area contributed by atoms with Crippen molar-refractivity contribution in [2.45, 2.75) is 33.4 Å². The molecule has 1 atom stereocenters. The van der Waals surface area contributed by atoms with E-state index in [2.05, 4.69) is 46.8 Å². The van der Waals surface area contributed by atoms with E-state index in [4.69, 9.17) is 0 Å². The molecule has 0 aliphatic heterocycles. The molecular formula is C13H21N5. The molecule has 0 aliphatic rings. The Bertz CT molecular complexity index is 492.